The fourth-order valence-corrected chi connectivity index (χ4v) is 3.42. The molecule has 1 N–H and O–H groups in total. The van der Waals surface area contributed by atoms with Crippen LogP contribution in [0.1, 0.15) is 30.4 Å². The van der Waals surface area contributed by atoms with Crippen LogP contribution in [0.5, 0.6) is 0 Å². The van der Waals surface area contributed by atoms with Gasteiger partial charge in [0.1, 0.15) is 0 Å². The second-order valence-corrected chi connectivity index (χ2v) is 5.54. The van der Waals surface area contributed by atoms with Gasteiger partial charge in [0.15, 0.2) is 0 Å². The molecule has 0 aromatic heterocycles. The Morgan fingerprint density at radius 3 is 3.00 bits per heavy atom. The summed E-state index contributed by atoms with van der Waals surface area (Å²) >= 11 is 0. The van der Waals surface area contributed by atoms with Gasteiger partial charge in [0.2, 0.25) is 0 Å². The Balaban J connectivity index is 1.94. The van der Waals surface area contributed by atoms with Gasteiger partial charge < -0.3 is 10.2 Å². The van der Waals surface area contributed by atoms with Crippen molar-refractivity contribution in [2.45, 2.75) is 45.2 Å². The molecule has 1 saturated heterocycles. The fourth-order valence-electron chi connectivity index (χ4n) is 3.42. The summed E-state index contributed by atoms with van der Waals surface area (Å²) < 4.78 is 0. The number of aryl methyl sites for hydroxylation is 2. The van der Waals surface area contributed by atoms with Crippen LogP contribution in [-0.4, -0.2) is 25.2 Å². The zero-order valence-corrected chi connectivity index (χ0v) is 10.9. The lowest BCUT2D eigenvalue weighted by atomic mass is 10.0. The average Bonchev–Trinajstić information content (AvgIpc) is 2.80. The monoisotopic (exact) mass is 230 g/mol. The molecule has 2 fully saturated rings. The van der Waals surface area contributed by atoms with E-state index in [0.29, 0.717) is 0 Å². The molecule has 2 aliphatic rings. The van der Waals surface area contributed by atoms with Crippen molar-refractivity contribution in [2.24, 2.45) is 0 Å². The molecule has 0 radical (unpaired) electrons. The molecule has 2 nitrogen and oxygen atoms in total. The van der Waals surface area contributed by atoms with E-state index in [1.165, 1.54) is 36.1 Å². The fraction of sp³-hybridized carbons (Fsp3) is 0.600. The van der Waals surface area contributed by atoms with Gasteiger partial charge in [-0.2, -0.15) is 0 Å². The molecule has 92 valence electrons. The summed E-state index contributed by atoms with van der Waals surface area (Å²) in [5.74, 6) is 0. The molecule has 1 aromatic carbocycles. The lowest BCUT2D eigenvalue weighted by molar-refractivity contribution is 0.403. The standard InChI is InChI=1S/C15H22N2/c1-11-6-7-12(2)15(10-11)17-9-8-16-13-4-3-5-14(13)17/h6-7,10,13-14,16H,3-5,8-9H2,1-2H3. The number of hydrogen-bond donors (Lipinski definition) is 1. The van der Waals surface area contributed by atoms with Gasteiger partial charge in [-0.1, -0.05) is 12.1 Å². The van der Waals surface area contributed by atoms with Gasteiger partial charge in [0.25, 0.3) is 0 Å². The average molecular weight is 230 g/mol. The molecule has 17 heavy (non-hydrogen) atoms. The van der Waals surface area contributed by atoms with Gasteiger partial charge in [-0.3, -0.25) is 0 Å². The molecule has 1 saturated carbocycles. The molecule has 0 amide bonds. The number of hydrogen-bond acceptors (Lipinski definition) is 2. The summed E-state index contributed by atoms with van der Waals surface area (Å²) in [6.45, 7) is 6.72. The third-order valence-electron chi connectivity index (χ3n) is 4.31. The van der Waals surface area contributed by atoms with E-state index in [4.69, 9.17) is 0 Å². The van der Waals surface area contributed by atoms with Gasteiger partial charge in [0, 0.05) is 30.9 Å². The van der Waals surface area contributed by atoms with Crippen LogP contribution >= 0.6 is 0 Å². The number of rotatable bonds is 1. The molecule has 1 aliphatic carbocycles. The van der Waals surface area contributed by atoms with E-state index in [-0.39, 0.29) is 0 Å². The van der Waals surface area contributed by atoms with E-state index in [0.717, 1.165) is 25.2 Å². The van der Waals surface area contributed by atoms with Gasteiger partial charge in [-0.05, 0) is 50.3 Å². The van der Waals surface area contributed by atoms with Crippen molar-refractivity contribution in [1.29, 1.82) is 0 Å². The zero-order chi connectivity index (χ0) is 11.8. The highest BCUT2D eigenvalue weighted by Crippen LogP contribution is 2.32. The third-order valence-corrected chi connectivity index (χ3v) is 4.31. The highest BCUT2D eigenvalue weighted by molar-refractivity contribution is 5.56. The molecule has 1 heterocycles. The van der Waals surface area contributed by atoms with E-state index >= 15 is 0 Å². The van der Waals surface area contributed by atoms with Crippen molar-refractivity contribution >= 4 is 5.69 Å². The first-order valence-corrected chi connectivity index (χ1v) is 6.83. The largest absolute Gasteiger partial charge is 0.365 e. The second kappa shape index (κ2) is 4.34. The lowest BCUT2D eigenvalue weighted by Crippen LogP contribution is -2.55. The number of piperazine rings is 1. The Kier molecular flexibility index (Phi) is 2.83. The van der Waals surface area contributed by atoms with E-state index in [1.807, 2.05) is 0 Å². The maximum atomic E-state index is 3.67. The molecule has 0 spiro atoms. The normalized spacial score (nSPS) is 28.2. The van der Waals surface area contributed by atoms with Crippen molar-refractivity contribution in [3.8, 4) is 0 Å². The number of anilines is 1. The van der Waals surface area contributed by atoms with Crippen LogP contribution in [0.2, 0.25) is 0 Å². The molecule has 2 atom stereocenters. The van der Waals surface area contributed by atoms with E-state index < -0.39 is 0 Å². The smallest absolute Gasteiger partial charge is 0.0443 e. The summed E-state index contributed by atoms with van der Waals surface area (Å²) in [5.41, 5.74) is 4.25. The summed E-state index contributed by atoms with van der Waals surface area (Å²) in [7, 11) is 0. The summed E-state index contributed by atoms with van der Waals surface area (Å²) in [5, 5.41) is 3.67. The van der Waals surface area contributed by atoms with Crippen LogP contribution in [-0.2, 0) is 0 Å². The van der Waals surface area contributed by atoms with Crippen LogP contribution in [0.15, 0.2) is 18.2 Å². The molecule has 0 bridgehead atoms. The first-order valence-electron chi connectivity index (χ1n) is 6.83. The summed E-state index contributed by atoms with van der Waals surface area (Å²) in [6.07, 6.45) is 4.08. The van der Waals surface area contributed by atoms with E-state index in [2.05, 4.69) is 42.3 Å². The highest BCUT2D eigenvalue weighted by Gasteiger charge is 2.35. The van der Waals surface area contributed by atoms with Crippen molar-refractivity contribution in [3.63, 3.8) is 0 Å². The number of nitrogens with one attached hydrogen (secondary N) is 1. The molecule has 2 heteroatoms. The first kappa shape index (κ1) is 11.1. The quantitative estimate of drug-likeness (QED) is 0.798. The second-order valence-electron chi connectivity index (χ2n) is 5.54. The summed E-state index contributed by atoms with van der Waals surface area (Å²) in [4.78, 5) is 2.65. The Morgan fingerprint density at radius 1 is 1.24 bits per heavy atom. The SMILES string of the molecule is Cc1ccc(C)c(N2CCNC3CCCC32)c1. The van der Waals surface area contributed by atoms with Crippen LogP contribution in [0, 0.1) is 13.8 Å². The molecule has 3 rings (SSSR count). The van der Waals surface area contributed by atoms with Crippen LogP contribution in [0.3, 0.4) is 0 Å². The Labute approximate surface area is 104 Å². The molecule has 1 aliphatic heterocycles. The topological polar surface area (TPSA) is 15.3 Å². The number of nitrogens with zero attached hydrogens (tertiary/aromatic N) is 1. The van der Waals surface area contributed by atoms with Crippen molar-refractivity contribution in [2.75, 3.05) is 18.0 Å². The first-order chi connectivity index (χ1) is 8.25. The molecular formula is C15H22N2. The summed E-state index contributed by atoms with van der Waals surface area (Å²) in [6, 6.07) is 8.28. The van der Waals surface area contributed by atoms with Crippen molar-refractivity contribution in [1.82, 2.24) is 5.32 Å². The van der Waals surface area contributed by atoms with Gasteiger partial charge in [-0.15, -0.1) is 0 Å². The molecule has 2 unspecified atom stereocenters. The van der Waals surface area contributed by atoms with E-state index in [9.17, 15) is 0 Å². The van der Waals surface area contributed by atoms with Crippen LogP contribution < -0.4 is 10.2 Å². The minimum atomic E-state index is 0.726. The molecular weight excluding hydrogens is 208 g/mol. The zero-order valence-electron chi connectivity index (χ0n) is 10.9. The number of fused-ring (bicyclic) bond motifs is 1. The lowest BCUT2D eigenvalue weighted by Gasteiger charge is -2.41. The minimum absolute atomic E-state index is 0.726. The maximum absolute atomic E-state index is 3.67. The van der Waals surface area contributed by atoms with Crippen LogP contribution in [0.25, 0.3) is 0 Å². The predicted molar refractivity (Wildman–Crippen MR) is 72.7 cm³/mol. The van der Waals surface area contributed by atoms with Gasteiger partial charge in [-0.25, -0.2) is 0 Å². The maximum Gasteiger partial charge on any atom is 0.0443 e. The van der Waals surface area contributed by atoms with Gasteiger partial charge >= 0.3 is 0 Å². The van der Waals surface area contributed by atoms with E-state index in [1.54, 1.807) is 0 Å². The third kappa shape index (κ3) is 1.95. The van der Waals surface area contributed by atoms with Crippen LogP contribution in [0.4, 0.5) is 5.69 Å². The minimum Gasteiger partial charge on any atom is -0.365 e. The Hall–Kier alpha value is -1.02. The molecule has 1 aromatic rings. The highest BCUT2D eigenvalue weighted by atomic mass is 15.2. The van der Waals surface area contributed by atoms with Crippen molar-refractivity contribution in [3.05, 3.63) is 29.3 Å². The number of benzene rings is 1. The van der Waals surface area contributed by atoms with Gasteiger partial charge in [0.05, 0.1) is 0 Å². The predicted octanol–water partition coefficient (Wildman–Crippen LogP) is 2.63. The Bertz CT molecular complexity index is 413. The Morgan fingerprint density at radius 2 is 2.12 bits per heavy atom. The van der Waals surface area contributed by atoms with Crippen molar-refractivity contribution < 1.29 is 0 Å².